The van der Waals surface area contributed by atoms with Crippen molar-refractivity contribution in [2.24, 2.45) is 5.92 Å². The van der Waals surface area contributed by atoms with Crippen molar-refractivity contribution < 1.29 is 22.7 Å². The SMILES string of the molecule is C[C@@H]1CCc2nc3ccccc3c(C(=O)OCC(=O)N[C@H]3CCS(=O)(=O)C3)c2C1. The van der Waals surface area contributed by atoms with E-state index in [0.29, 0.717) is 17.9 Å². The van der Waals surface area contributed by atoms with Crippen LogP contribution in [0.1, 0.15) is 41.4 Å². The summed E-state index contributed by atoms with van der Waals surface area (Å²) in [6.45, 7) is 1.71. The van der Waals surface area contributed by atoms with Crippen molar-refractivity contribution in [3.8, 4) is 0 Å². The van der Waals surface area contributed by atoms with Crippen molar-refractivity contribution in [3.63, 3.8) is 0 Å². The summed E-state index contributed by atoms with van der Waals surface area (Å²) in [6.07, 6.45) is 2.99. The van der Waals surface area contributed by atoms with Gasteiger partial charge < -0.3 is 10.1 Å². The highest BCUT2D eigenvalue weighted by Gasteiger charge is 2.30. The van der Waals surface area contributed by atoms with Crippen LogP contribution < -0.4 is 5.32 Å². The van der Waals surface area contributed by atoms with Gasteiger partial charge in [-0.05, 0) is 43.2 Å². The average molecular weight is 416 g/mol. The lowest BCUT2D eigenvalue weighted by atomic mass is 9.84. The van der Waals surface area contributed by atoms with Gasteiger partial charge in [-0.3, -0.25) is 9.78 Å². The number of aromatic nitrogens is 1. The zero-order valence-electron chi connectivity index (χ0n) is 16.3. The minimum absolute atomic E-state index is 0.0624. The normalized spacial score (nSPS) is 22.8. The first-order valence-corrected chi connectivity index (χ1v) is 11.7. The number of ether oxygens (including phenoxy) is 1. The molecule has 0 unspecified atom stereocenters. The molecule has 1 aromatic carbocycles. The number of nitrogens with zero attached hydrogens (tertiary/aromatic N) is 1. The smallest absolute Gasteiger partial charge is 0.339 e. The summed E-state index contributed by atoms with van der Waals surface area (Å²) in [7, 11) is -3.08. The highest BCUT2D eigenvalue weighted by Crippen LogP contribution is 2.32. The van der Waals surface area contributed by atoms with Gasteiger partial charge in [0.1, 0.15) is 0 Å². The second-order valence-electron chi connectivity index (χ2n) is 8.02. The molecule has 1 N–H and O–H groups in total. The number of nitrogens with one attached hydrogen (secondary N) is 1. The van der Waals surface area contributed by atoms with Crippen molar-refractivity contribution in [3.05, 3.63) is 41.1 Å². The van der Waals surface area contributed by atoms with Gasteiger partial charge in [-0.2, -0.15) is 0 Å². The molecule has 0 bridgehead atoms. The third-order valence-corrected chi connectivity index (χ3v) is 7.41. The summed E-state index contributed by atoms with van der Waals surface area (Å²) in [4.78, 5) is 29.8. The zero-order valence-corrected chi connectivity index (χ0v) is 17.1. The monoisotopic (exact) mass is 416 g/mol. The fourth-order valence-electron chi connectivity index (χ4n) is 4.18. The Bertz CT molecular complexity index is 1080. The maximum absolute atomic E-state index is 13.0. The fourth-order valence-corrected chi connectivity index (χ4v) is 5.85. The number of hydrogen-bond acceptors (Lipinski definition) is 6. The van der Waals surface area contributed by atoms with E-state index in [1.54, 1.807) is 0 Å². The van der Waals surface area contributed by atoms with Crippen LogP contribution in [0.5, 0.6) is 0 Å². The van der Waals surface area contributed by atoms with Crippen LogP contribution in [0.15, 0.2) is 24.3 Å². The van der Waals surface area contributed by atoms with E-state index in [-0.39, 0.29) is 11.5 Å². The van der Waals surface area contributed by atoms with Crippen LogP contribution in [0.2, 0.25) is 0 Å². The number of esters is 1. The Labute approximate surface area is 169 Å². The van der Waals surface area contributed by atoms with Crippen molar-refractivity contribution in [2.45, 2.75) is 38.6 Å². The van der Waals surface area contributed by atoms with E-state index < -0.39 is 34.4 Å². The van der Waals surface area contributed by atoms with E-state index in [0.717, 1.165) is 41.4 Å². The molecule has 0 radical (unpaired) electrons. The Kier molecular flexibility index (Phi) is 5.29. The average Bonchev–Trinajstić information content (AvgIpc) is 3.02. The molecule has 1 amide bonds. The van der Waals surface area contributed by atoms with Crippen molar-refractivity contribution in [1.29, 1.82) is 0 Å². The minimum atomic E-state index is -3.08. The summed E-state index contributed by atoms with van der Waals surface area (Å²) in [6, 6.07) is 7.04. The summed E-state index contributed by atoms with van der Waals surface area (Å²) in [5.41, 5.74) is 3.07. The van der Waals surface area contributed by atoms with Gasteiger partial charge in [-0.15, -0.1) is 0 Å². The van der Waals surface area contributed by atoms with Gasteiger partial charge in [-0.1, -0.05) is 25.1 Å². The van der Waals surface area contributed by atoms with Gasteiger partial charge >= 0.3 is 5.97 Å². The fraction of sp³-hybridized carbons (Fsp3) is 0.476. The molecule has 0 spiro atoms. The van der Waals surface area contributed by atoms with Gasteiger partial charge in [-0.25, -0.2) is 13.2 Å². The van der Waals surface area contributed by atoms with Crippen molar-refractivity contribution >= 4 is 32.6 Å². The van der Waals surface area contributed by atoms with Crippen LogP contribution in [-0.2, 0) is 32.2 Å². The van der Waals surface area contributed by atoms with Crippen LogP contribution in [0.3, 0.4) is 0 Å². The largest absolute Gasteiger partial charge is 0.452 e. The Hall–Kier alpha value is -2.48. The summed E-state index contributed by atoms with van der Waals surface area (Å²) in [5, 5.41) is 3.37. The Morgan fingerprint density at radius 3 is 2.79 bits per heavy atom. The van der Waals surface area contributed by atoms with Crippen molar-refractivity contribution in [1.82, 2.24) is 10.3 Å². The molecule has 1 fully saturated rings. The standard InChI is InChI=1S/C21H24N2O5S/c1-13-6-7-18-16(10-13)20(15-4-2-3-5-17(15)23-18)21(25)28-11-19(24)22-14-8-9-29(26,27)12-14/h2-5,13-14H,6-12H2,1H3,(H,22,24)/t13-,14+/m1/s1. The summed E-state index contributed by atoms with van der Waals surface area (Å²) in [5.74, 6) is -0.563. The Balaban J connectivity index is 1.52. The lowest BCUT2D eigenvalue weighted by Crippen LogP contribution is -2.38. The molecule has 29 heavy (non-hydrogen) atoms. The number of pyridine rings is 1. The molecule has 8 heteroatoms. The number of amides is 1. The number of fused-ring (bicyclic) bond motifs is 2. The molecular weight excluding hydrogens is 392 g/mol. The number of carbonyl (C=O) groups is 2. The Morgan fingerprint density at radius 1 is 1.24 bits per heavy atom. The quantitative estimate of drug-likeness (QED) is 0.763. The van der Waals surface area contributed by atoms with E-state index in [4.69, 9.17) is 9.72 Å². The van der Waals surface area contributed by atoms with Crippen molar-refractivity contribution in [2.75, 3.05) is 18.1 Å². The number of aryl methyl sites for hydroxylation is 1. The van der Waals surface area contributed by atoms with E-state index in [1.807, 2.05) is 24.3 Å². The summed E-state index contributed by atoms with van der Waals surface area (Å²) < 4.78 is 28.4. The van der Waals surface area contributed by atoms with E-state index in [1.165, 1.54) is 0 Å². The van der Waals surface area contributed by atoms with Gasteiger partial charge in [0.2, 0.25) is 0 Å². The number of rotatable bonds is 4. The van der Waals surface area contributed by atoms with Gasteiger partial charge in [0.25, 0.3) is 5.91 Å². The second-order valence-corrected chi connectivity index (χ2v) is 10.2. The van der Waals surface area contributed by atoms with E-state index >= 15 is 0 Å². The zero-order chi connectivity index (χ0) is 20.6. The minimum Gasteiger partial charge on any atom is -0.452 e. The second kappa shape index (κ2) is 7.74. The van der Waals surface area contributed by atoms with Crippen LogP contribution >= 0.6 is 0 Å². The molecule has 1 aromatic heterocycles. The maximum atomic E-state index is 13.0. The lowest BCUT2D eigenvalue weighted by Gasteiger charge is -2.24. The molecule has 154 valence electrons. The van der Waals surface area contributed by atoms with Crippen LogP contribution in [0.25, 0.3) is 10.9 Å². The van der Waals surface area contributed by atoms with Crippen LogP contribution in [-0.4, -0.2) is 49.4 Å². The first kappa shape index (κ1) is 19.8. The molecular formula is C21H24N2O5S. The molecule has 1 aliphatic heterocycles. The number of carbonyl (C=O) groups excluding carboxylic acids is 2. The molecule has 1 aliphatic carbocycles. The number of sulfone groups is 1. The van der Waals surface area contributed by atoms with Gasteiger partial charge in [0, 0.05) is 17.1 Å². The molecule has 2 aliphatic rings. The molecule has 4 rings (SSSR count). The molecule has 2 aromatic rings. The number of para-hydroxylation sites is 1. The molecule has 2 heterocycles. The predicted octanol–water partition coefficient (Wildman–Crippen LogP) is 1.82. The maximum Gasteiger partial charge on any atom is 0.339 e. The highest BCUT2D eigenvalue weighted by molar-refractivity contribution is 7.91. The first-order valence-electron chi connectivity index (χ1n) is 9.90. The third-order valence-electron chi connectivity index (χ3n) is 5.64. The van der Waals surface area contributed by atoms with E-state index in [9.17, 15) is 18.0 Å². The Morgan fingerprint density at radius 2 is 2.03 bits per heavy atom. The lowest BCUT2D eigenvalue weighted by molar-refractivity contribution is -0.124. The molecule has 2 atom stereocenters. The number of benzene rings is 1. The summed E-state index contributed by atoms with van der Waals surface area (Å²) >= 11 is 0. The topological polar surface area (TPSA) is 102 Å². The van der Waals surface area contributed by atoms with Gasteiger partial charge in [0.05, 0.1) is 22.6 Å². The van der Waals surface area contributed by atoms with Crippen LogP contribution in [0, 0.1) is 5.92 Å². The molecule has 1 saturated heterocycles. The predicted molar refractivity (Wildman–Crippen MR) is 108 cm³/mol. The molecule has 0 saturated carbocycles. The van der Waals surface area contributed by atoms with E-state index in [2.05, 4.69) is 12.2 Å². The highest BCUT2D eigenvalue weighted by atomic mass is 32.2. The first-order chi connectivity index (χ1) is 13.8. The third kappa shape index (κ3) is 4.27. The van der Waals surface area contributed by atoms with Gasteiger partial charge in [0.15, 0.2) is 16.4 Å². The van der Waals surface area contributed by atoms with Crippen LogP contribution in [0.4, 0.5) is 0 Å². The molecule has 7 nitrogen and oxygen atoms in total. The number of hydrogen-bond donors (Lipinski definition) is 1.